The molecule has 0 atom stereocenters. The van der Waals surface area contributed by atoms with Gasteiger partial charge >= 0.3 is 0 Å². The number of rotatable bonds is 3. The normalized spacial score (nSPS) is 10.3. The lowest BCUT2D eigenvalue weighted by atomic mass is 10.1. The standard InChI is InChI=1S/C18H15NO2/c1-20-18(19)15-9-7-14(8-10-15)17-12-11-16(21-17)13-5-3-2-4-6-13/h2-12,19H,1H3. The highest BCUT2D eigenvalue weighted by atomic mass is 16.5. The van der Waals surface area contributed by atoms with Crippen LogP contribution in [0.25, 0.3) is 22.6 Å². The van der Waals surface area contributed by atoms with Crippen LogP contribution >= 0.6 is 0 Å². The molecule has 0 bridgehead atoms. The van der Waals surface area contributed by atoms with Gasteiger partial charge in [-0.2, -0.15) is 0 Å². The number of nitrogens with one attached hydrogen (secondary N) is 1. The first kappa shape index (κ1) is 13.2. The molecule has 104 valence electrons. The van der Waals surface area contributed by atoms with Crippen molar-refractivity contribution >= 4 is 5.90 Å². The molecule has 0 spiro atoms. The second-order valence-electron chi connectivity index (χ2n) is 4.64. The van der Waals surface area contributed by atoms with Gasteiger partial charge in [0.25, 0.3) is 0 Å². The molecule has 0 saturated carbocycles. The maximum atomic E-state index is 7.62. The molecule has 3 heteroatoms. The predicted octanol–water partition coefficient (Wildman–Crippen LogP) is 4.59. The summed E-state index contributed by atoms with van der Waals surface area (Å²) in [6.45, 7) is 0. The fourth-order valence-corrected chi connectivity index (χ4v) is 2.15. The monoisotopic (exact) mass is 277 g/mol. The Hall–Kier alpha value is -2.81. The van der Waals surface area contributed by atoms with E-state index in [1.54, 1.807) is 0 Å². The van der Waals surface area contributed by atoms with Crippen molar-refractivity contribution in [1.82, 2.24) is 0 Å². The zero-order chi connectivity index (χ0) is 14.7. The number of hydrogen-bond acceptors (Lipinski definition) is 3. The summed E-state index contributed by atoms with van der Waals surface area (Å²) in [5.41, 5.74) is 2.78. The smallest absolute Gasteiger partial charge is 0.212 e. The third-order valence-electron chi connectivity index (χ3n) is 3.30. The highest BCUT2D eigenvalue weighted by Crippen LogP contribution is 2.28. The molecule has 1 N–H and O–H groups in total. The van der Waals surface area contributed by atoms with Gasteiger partial charge in [0.05, 0.1) is 7.11 Å². The second-order valence-corrected chi connectivity index (χ2v) is 4.64. The Balaban J connectivity index is 1.88. The fraction of sp³-hybridized carbons (Fsp3) is 0.0556. The van der Waals surface area contributed by atoms with Crippen molar-refractivity contribution < 1.29 is 9.15 Å². The van der Waals surface area contributed by atoms with Crippen molar-refractivity contribution in [2.75, 3.05) is 7.11 Å². The Kier molecular flexibility index (Phi) is 3.56. The van der Waals surface area contributed by atoms with Crippen molar-refractivity contribution in [3.05, 3.63) is 72.3 Å². The minimum absolute atomic E-state index is 0.158. The fourth-order valence-electron chi connectivity index (χ4n) is 2.15. The Morgan fingerprint density at radius 1 is 0.810 bits per heavy atom. The summed E-state index contributed by atoms with van der Waals surface area (Å²) in [6, 6.07) is 21.5. The Morgan fingerprint density at radius 2 is 1.38 bits per heavy atom. The first-order valence-electron chi connectivity index (χ1n) is 6.66. The third kappa shape index (κ3) is 2.72. The van der Waals surface area contributed by atoms with Crippen LogP contribution in [-0.2, 0) is 4.74 Å². The minimum Gasteiger partial charge on any atom is -0.481 e. The predicted molar refractivity (Wildman–Crippen MR) is 83.4 cm³/mol. The molecule has 1 aromatic heterocycles. The van der Waals surface area contributed by atoms with Crippen molar-refractivity contribution in [1.29, 1.82) is 5.41 Å². The lowest BCUT2D eigenvalue weighted by Crippen LogP contribution is -2.00. The van der Waals surface area contributed by atoms with Gasteiger partial charge in [0.1, 0.15) is 11.5 Å². The molecule has 3 nitrogen and oxygen atoms in total. The summed E-state index contributed by atoms with van der Waals surface area (Å²) >= 11 is 0. The van der Waals surface area contributed by atoms with E-state index >= 15 is 0 Å². The summed E-state index contributed by atoms with van der Waals surface area (Å²) in [5, 5.41) is 7.62. The van der Waals surface area contributed by atoms with E-state index in [9.17, 15) is 0 Å². The van der Waals surface area contributed by atoms with Crippen molar-refractivity contribution in [3.63, 3.8) is 0 Å². The van der Waals surface area contributed by atoms with Crippen LogP contribution in [0.2, 0.25) is 0 Å². The number of furan rings is 1. The molecule has 2 aromatic carbocycles. The molecule has 0 aliphatic carbocycles. The van der Waals surface area contributed by atoms with Gasteiger partial charge in [0, 0.05) is 16.7 Å². The van der Waals surface area contributed by atoms with Crippen LogP contribution < -0.4 is 0 Å². The number of methoxy groups -OCH3 is 1. The van der Waals surface area contributed by atoms with Crippen molar-refractivity contribution in [3.8, 4) is 22.6 Å². The molecule has 0 fully saturated rings. The van der Waals surface area contributed by atoms with E-state index < -0.39 is 0 Å². The summed E-state index contributed by atoms with van der Waals surface area (Å²) < 4.78 is 10.8. The van der Waals surface area contributed by atoms with E-state index in [1.165, 1.54) is 7.11 Å². The Bertz CT molecular complexity index is 742. The SMILES string of the molecule is COC(=N)c1ccc(-c2ccc(-c3ccccc3)o2)cc1. The topological polar surface area (TPSA) is 46.2 Å². The van der Waals surface area contributed by atoms with E-state index in [2.05, 4.69) is 0 Å². The Morgan fingerprint density at radius 3 is 1.95 bits per heavy atom. The zero-order valence-corrected chi connectivity index (χ0v) is 11.7. The summed E-state index contributed by atoms with van der Waals surface area (Å²) in [5.74, 6) is 1.81. The van der Waals surface area contributed by atoms with Gasteiger partial charge in [-0.1, -0.05) is 42.5 Å². The van der Waals surface area contributed by atoms with Gasteiger partial charge < -0.3 is 9.15 Å². The molecule has 0 amide bonds. The largest absolute Gasteiger partial charge is 0.481 e. The molecule has 3 rings (SSSR count). The second kappa shape index (κ2) is 5.67. The lowest BCUT2D eigenvalue weighted by molar-refractivity contribution is 0.401. The molecule has 21 heavy (non-hydrogen) atoms. The van der Waals surface area contributed by atoms with Crippen LogP contribution in [0.1, 0.15) is 5.56 Å². The quantitative estimate of drug-likeness (QED) is 0.562. The van der Waals surface area contributed by atoms with Gasteiger partial charge in [-0.3, -0.25) is 5.41 Å². The summed E-state index contributed by atoms with van der Waals surface area (Å²) in [7, 11) is 1.49. The maximum Gasteiger partial charge on any atom is 0.212 e. The molecule has 0 saturated heterocycles. The van der Waals surface area contributed by atoms with Crippen LogP contribution in [-0.4, -0.2) is 13.0 Å². The van der Waals surface area contributed by atoms with Crippen LogP contribution in [0, 0.1) is 5.41 Å². The van der Waals surface area contributed by atoms with E-state index in [0.717, 1.165) is 28.2 Å². The molecule has 0 unspecified atom stereocenters. The molecule has 0 aliphatic heterocycles. The summed E-state index contributed by atoms with van der Waals surface area (Å²) in [4.78, 5) is 0. The highest BCUT2D eigenvalue weighted by molar-refractivity contribution is 5.91. The van der Waals surface area contributed by atoms with Gasteiger partial charge in [-0.25, -0.2) is 0 Å². The Labute approximate surface area is 123 Å². The van der Waals surface area contributed by atoms with Gasteiger partial charge in [0.2, 0.25) is 5.90 Å². The molecular weight excluding hydrogens is 262 g/mol. The van der Waals surface area contributed by atoms with E-state index in [4.69, 9.17) is 14.6 Å². The first-order valence-corrected chi connectivity index (χ1v) is 6.66. The molecule has 0 radical (unpaired) electrons. The number of hydrogen-bond donors (Lipinski definition) is 1. The van der Waals surface area contributed by atoms with Crippen molar-refractivity contribution in [2.45, 2.75) is 0 Å². The number of ether oxygens (including phenoxy) is 1. The zero-order valence-electron chi connectivity index (χ0n) is 11.7. The average molecular weight is 277 g/mol. The van der Waals surface area contributed by atoms with Gasteiger partial charge in [-0.05, 0) is 24.3 Å². The summed E-state index contributed by atoms with van der Waals surface area (Å²) in [6.07, 6.45) is 0. The third-order valence-corrected chi connectivity index (χ3v) is 3.30. The average Bonchev–Trinajstić information content (AvgIpc) is 3.05. The molecule has 1 heterocycles. The van der Waals surface area contributed by atoms with Gasteiger partial charge in [0.15, 0.2) is 0 Å². The maximum absolute atomic E-state index is 7.62. The molecule has 0 aliphatic rings. The molecule has 3 aromatic rings. The van der Waals surface area contributed by atoms with Crippen LogP contribution in [0.3, 0.4) is 0 Å². The minimum atomic E-state index is 0.158. The van der Waals surface area contributed by atoms with E-state index in [0.29, 0.717) is 0 Å². The van der Waals surface area contributed by atoms with Gasteiger partial charge in [-0.15, -0.1) is 0 Å². The molecular formula is C18H15NO2. The van der Waals surface area contributed by atoms with E-state index in [-0.39, 0.29) is 5.90 Å². The van der Waals surface area contributed by atoms with E-state index in [1.807, 2.05) is 66.7 Å². The lowest BCUT2D eigenvalue weighted by Gasteiger charge is -2.03. The first-order chi connectivity index (χ1) is 10.3. The van der Waals surface area contributed by atoms with Crippen LogP contribution in [0.15, 0.2) is 71.1 Å². The van der Waals surface area contributed by atoms with Crippen LogP contribution in [0.5, 0.6) is 0 Å². The highest BCUT2D eigenvalue weighted by Gasteiger charge is 2.07. The van der Waals surface area contributed by atoms with Crippen molar-refractivity contribution in [2.24, 2.45) is 0 Å². The number of benzene rings is 2. The van der Waals surface area contributed by atoms with Crippen LogP contribution in [0.4, 0.5) is 0 Å².